The van der Waals surface area contributed by atoms with E-state index in [2.05, 4.69) is 19.2 Å². The highest BCUT2D eigenvalue weighted by Gasteiger charge is 2.28. The molecule has 1 aliphatic heterocycles. The summed E-state index contributed by atoms with van der Waals surface area (Å²) in [6.07, 6.45) is 2.24. The molecule has 24 heavy (non-hydrogen) atoms. The molecule has 1 aliphatic carbocycles. The number of hydrogen-bond donors (Lipinski definition) is 1. The molecule has 2 aromatic rings. The van der Waals surface area contributed by atoms with Gasteiger partial charge in [0, 0.05) is 43.4 Å². The van der Waals surface area contributed by atoms with Crippen molar-refractivity contribution in [3.05, 3.63) is 39.6 Å². The van der Waals surface area contributed by atoms with E-state index < -0.39 is 0 Å². The molecule has 0 aromatic carbocycles. The molecule has 0 spiro atoms. The number of amides is 1. The smallest absolute Gasteiger partial charge is 0.261 e. The lowest BCUT2D eigenvalue weighted by Gasteiger charge is -2.34. The molecule has 1 saturated carbocycles. The molecule has 8 heteroatoms. The summed E-state index contributed by atoms with van der Waals surface area (Å²) in [7, 11) is 0. The third-order valence-corrected chi connectivity index (χ3v) is 5.40. The maximum Gasteiger partial charge on any atom is 0.261 e. The van der Waals surface area contributed by atoms with Crippen LogP contribution in [0.5, 0.6) is 0 Å². The average Bonchev–Trinajstić information content (AvgIpc) is 3.36. The van der Waals surface area contributed by atoms with E-state index in [4.69, 9.17) is 0 Å². The van der Waals surface area contributed by atoms with Crippen LogP contribution in [0.1, 0.15) is 40.6 Å². The number of hydrogen-bond acceptors (Lipinski definition) is 6. The Hall–Kier alpha value is -2.22. The number of anilines is 1. The van der Waals surface area contributed by atoms with Crippen molar-refractivity contribution >= 4 is 22.6 Å². The SMILES string of the molecule is Cc1nsc(N2CCN(C(=O)c3ccc(C4CC4)[nH]c3=O)CC2)n1. The van der Waals surface area contributed by atoms with Crippen molar-refractivity contribution in [3.8, 4) is 0 Å². The number of H-pyrrole nitrogens is 1. The molecule has 0 bridgehead atoms. The Morgan fingerprint density at radius 2 is 2.00 bits per heavy atom. The number of aryl methyl sites for hydroxylation is 1. The van der Waals surface area contributed by atoms with Crippen LogP contribution in [0.2, 0.25) is 0 Å². The fraction of sp³-hybridized carbons (Fsp3) is 0.500. The Labute approximate surface area is 143 Å². The van der Waals surface area contributed by atoms with Gasteiger partial charge in [-0.2, -0.15) is 4.37 Å². The van der Waals surface area contributed by atoms with E-state index in [-0.39, 0.29) is 17.0 Å². The largest absolute Gasteiger partial charge is 0.343 e. The first-order valence-electron chi connectivity index (χ1n) is 8.19. The summed E-state index contributed by atoms with van der Waals surface area (Å²) < 4.78 is 4.20. The molecule has 7 nitrogen and oxygen atoms in total. The third kappa shape index (κ3) is 2.93. The molecule has 3 heterocycles. The summed E-state index contributed by atoms with van der Waals surface area (Å²) in [5.74, 6) is 1.06. The second-order valence-corrected chi connectivity index (χ2v) is 7.06. The number of nitrogens with zero attached hydrogens (tertiary/aromatic N) is 4. The van der Waals surface area contributed by atoms with Gasteiger partial charge >= 0.3 is 0 Å². The first kappa shape index (κ1) is 15.3. The highest BCUT2D eigenvalue weighted by molar-refractivity contribution is 7.09. The second kappa shape index (κ2) is 6.01. The minimum absolute atomic E-state index is 0.188. The Bertz CT molecular complexity index is 818. The Kier molecular flexibility index (Phi) is 3.84. The zero-order chi connectivity index (χ0) is 16.7. The van der Waals surface area contributed by atoms with Crippen LogP contribution in [-0.4, -0.2) is 51.3 Å². The normalized spacial score (nSPS) is 18.0. The van der Waals surface area contributed by atoms with E-state index in [0.29, 0.717) is 32.1 Å². The van der Waals surface area contributed by atoms with Gasteiger partial charge in [0.15, 0.2) is 0 Å². The van der Waals surface area contributed by atoms with Crippen molar-refractivity contribution < 1.29 is 4.79 Å². The molecule has 0 radical (unpaired) electrons. The molecule has 126 valence electrons. The van der Waals surface area contributed by atoms with Gasteiger partial charge in [0.05, 0.1) is 0 Å². The Morgan fingerprint density at radius 1 is 1.25 bits per heavy atom. The Morgan fingerprint density at radius 3 is 2.58 bits per heavy atom. The quantitative estimate of drug-likeness (QED) is 0.909. The number of pyridine rings is 1. The van der Waals surface area contributed by atoms with Gasteiger partial charge in [-0.3, -0.25) is 9.59 Å². The highest BCUT2D eigenvalue weighted by Crippen LogP contribution is 2.38. The van der Waals surface area contributed by atoms with Crippen LogP contribution in [0, 0.1) is 6.92 Å². The van der Waals surface area contributed by atoms with Gasteiger partial charge < -0.3 is 14.8 Å². The molecule has 2 fully saturated rings. The van der Waals surface area contributed by atoms with Crippen molar-refractivity contribution in [1.29, 1.82) is 0 Å². The average molecular weight is 345 g/mol. The van der Waals surface area contributed by atoms with Crippen molar-refractivity contribution in [2.75, 3.05) is 31.1 Å². The van der Waals surface area contributed by atoms with E-state index in [9.17, 15) is 9.59 Å². The fourth-order valence-electron chi connectivity index (χ4n) is 2.98. The van der Waals surface area contributed by atoms with Gasteiger partial charge in [0.2, 0.25) is 5.13 Å². The van der Waals surface area contributed by atoms with Crippen molar-refractivity contribution in [3.63, 3.8) is 0 Å². The van der Waals surface area contributed by atoms with E-state index in [0.717, 1.165) is 29.5 Å². The summed E-state index contributed by atoms with van der Waals surface area (Å²) in [5, 5.41) is 0.895. The summed E-state index contributed by atoms with van der Waals surface area (Å²) in [5.41, 5.74) is 0.916. The van der Waals surface area contributed by atoms with E-state index >= 15 is 0 Å². The van der Waals surface area contributed by atoms with Crippen LogP contribution in [0.3, 0.4) is 0 Å². The minimum atomic E-state index is -0.272. The lowest BCUT2D eigenvalue weighted by Crippen LogP contribution is -2.49. The lowest BCUT2D eigenvalue weighted by molar-refractivity contribution is 0.0745. The zero-order valence-electron chi connectivity index (χ0n) is 13.5. The number of rotatable bonds is 3. The van der Waals surface area contributed by atoms with Gasteiger partial charge in [-0.05, 0) is 37.8 Å². The lowest BCUT2D eigenvalue weighted by atomic mass is 10.1. The van der Waals surface area contributed by atoms with Crippen LogP contribution in [0.25, 0.3) is 0 Å². The third-order valence-electron chi connectivity index (χ3n) is 4.53. The molecule has 2 aromatic heterocycles. The van der Waals surface area contributed by atoms with Crippen molar-refractivity contribution in [2.45, 2.75) is 25.7 Å². The Balaban J connectivity index is 1.43. The minimum Gasteiger partial charge on any atom is -0.343 e. The first-order valence-corrected chi connectivity index (χ1v) is 8.97. The van der Waals surface area contributed by atoms with Gasteiger partial charge in [-0.15, -0.1) is 0 Å². The van der Waals surface area contributed by atoms with Crippen LogP contribution < -0.4 is 10.5 Å². The molecule has 2 aliphatic rings. The molecule has 0 unspecified atom stereocenters. The van der Waals surface area contributed by atoms with Gasteiger partial charge in [0.1, 0.15) is 11.4 Å². The fourth-order valence-corrected chi connectivity index (χ4v) is 3.70. The van der Waals surface area contributed by atoms with E-state index in [1.165, 1.54) is 11.5 Å². The predicted octanol–water partition coefficient (Wildman–Crippen LogP) is 1.37. The van der Waals surface area contributed by atoms with Gasteiger partial charge in [-0.25, -0.2) is 4.98 Å². The van der Waals surface area contributed by atoms with Crippen LogP contribution in [0.15, 0.2) is 16.9 Å². The maximum atomic E-state index is 12.6. The molecule has 1 saturated heterocycles. The standard InChI is InChI=1S/C16H19N5O2S/c1-10-17-16(24-19-10)21-8-6-20(7-9-21)15(23)12-4-5-13(11-2-3-11)18-14(12)22/h4-5,11H,2-3,6-9H2,1H3,(H,18,22). The molecular formula is C16H19N5O2S. The number of aromatic nitrogens is 3. The number of nitrogens with one attached hydrogen (secondary N) is 1. The zero-order valence-corrected chi connectivity index (χ0v) is 14.3. The summed E-state index contributed by atoms with van der Waals surface area (Å²) in [4.78, 5) is 36.0. The molecule has 1 N–H and O–H groups in total. The number of aromatic amines is 1. The van der Waals surface area contributed by atoms with Crippen LogP contribution in [-0.2, 0) is 0 Å². The summed E-state index contributed by atoms with van der Waals surface area (Å²) in [6, 6.07) is 3.56. The summed E-state index contributed by atoms with van der Waals surface area (Å²) in [6.45, 7) is 4.46. The van der Waals surface area contributed by atoms with E-state index in [1.807, 2.05) is 13.0 Å². The van der Waals surface area contributed by atoms with Gasteiger partial charge in [-0.1, -0.05) is 0 Å². The molecule has 1 amide bonds. The van der Waals surface area contributed by atoms with Crippen LogP contribution in [0.4, 0.5) is 5.13 Å². The topological polar surface area (TPSA) is 82.2 Å². The number of carbonyl (C=O) groups is 1. The highest BCUT2D eigenvalue weighted by atomic mass is 32.1. The van der Waals surface area contributed by atoms with Crippen LogP contribution >= 0.6 is 11.5 Å². The molecule has 0 atom stereocenters. The predicted molar refractivity (Wildman–Crippen MR) is 91.8 cm³/mol. The van der Waals surface area contributed by atoms with Crippen molar-refractivity contribution in [2.24, 2.45) is 0 Å². The monoisotopic (exact) mass is 345 g/mol. The molecular weight excluding hydrogens is 326 g/mol. The second-order valence-electron chi connectivity index (χ2n) is 6.33. The first-order chi connectivity index (χ1) is 11.6. The number of piperazine rings is 1. The number of carbonyl (C=O) groups excluding carboxylic acids is 1. The molecule has 4 rings (SSSR count). The maximum absolute atomic E-state index is 12.6. The van der Waals surface area contributed by atoms with Gasteiger partial charge in [0.25, 0.3) is 11.5 Å². The summed E-state index contributed by atoms with van der Waals surface area (Å²) >= 11 is 1.38. The van der Waals surface area contributed by atoms with E-state index in [1.54, 1.807) is 11.0 Å². The van der Waals surface area contributed by atoms with Crippen molar-refractivity contribution in [1.82, 2.24) is 19.2 Å².